The number of nitrogens with one attached hydrogen (secondary N) is 1. The molecule has 9 nitrogen and oxygen atoms in total. The molecule has 3 aromatic carbocycles. The summed E-state index contributed by atoms with van der Waals surface area (Å²) in [6.07, 6.45) is -0.0978. The Kier molecular flexibility index (Phi) is 5.78. The van der Waals surface area contributed by atoms with Crippen LogP contribution in [0, 0.1) is 29.4 Å². The Bertz CT molecular complexity index is 1450. The van der Waals surface area contributed by atoms with Gasteiger partial charge < -0.3 is 4.90 Å². The van der Waals surface area contributed by atoms with Gasteiger partial charge in [-0.3, -0.25) is 25.0 Å². The number of hydrogen-bond acceptors (Lipinski definition) is 6. The average Bonchev–Trinajstić information content (AvgIpc) is 2.87. The molecule has 5 rings (SSSR count). The highest BCUT2D eigenvalue weighted by Gasteiger charge is 2.62. The molecule has 0 radical (unpaired) electrons. The van der Waals surface area contributed by atoms with Gasteiger partial charge in [0.05, 0.1) is 16.7 Å². The molecule has 2 aliphatic heterocycles. The van der Waals surface area contributed by atoms with E-state index in [1.807, 2.05) is 55.1 Å². The fourth-order valence-corrected chi connectivity index (χ4v) is 5.69. The number of aryl methyl sites for hydroxylation is 2. The lowest BCUT2D eigenvalue weighted by molar-refractivity contribution is -0.384. The number of anilines is 2. The quantitative estimate of drug-likeness (QED) is 0.319. The number of carbonyl (C=O) groups excluding carboxylic acids is 3. The second-order valence-electron chi connectivity index (χ2n) is 9.51. The van der Waals surface area contributed by atoms with Gasteiger partial charge >= 0.3 is 6.03 Å². The molecule has 9 heteroatoms. The van der Waals surface area contributed by atoms with Crippen LogP contribution in [0.5, 0.6) is 0 Å². The van der Waals surface area contributed by atoms with E-state index in [1.54, 1.807) is 25.1 Å². The topological polar surface area (TPSA) is 113 Å². The minimum atomic E-state index is -1.75. The first-order chi connectivity index (χ1) is 17.7. The van der Waals surface area contributed by atoms with Crippen molar-refractivity contribution >= 4 is 34.9 Å². The van der Waals surface area contributed by atoms with E-state index in [-0.39, 0.29) is 12.1 Å². The van der Waals surface area contributed by atoms with Crippen molar-refractivity contribution in [2.24, 2.45) is 5.41 Å². The zero-order chi connectivity index (χ0) is 26.5. The van der Waals surface area contributed by atoms with Crippen molar-refractivity contribution in [2.45, 2.75) is 33.2 Å². The van der Waals surface area contributed by atoms with Gasteiger partial charge in [-0.2, -0.15) is 0 Å². The fraction of sp³-hybridized carbons (Fsp3) is 0.250. The fourth-order valence-electron chi connectivity index (χ4n) is 5.69. The smallest absolute Gasteiger partial charge is 0.335 e. The van der Waals surface area contributed by atoms with Gasteiger partial charge in [-0.25, -0.2) is 9.69 Å². The van der Waals surface area contributed by atoms with Crippen molar-refractivity contribution in [3.63, 3.8) is 0 Å². The van der Waals surface area contributed by atoms with Gasteiger partial charge in [0.2, 0.25) is 5.91 Å². The van der Waals surface area contributed by atoms with Gasteiger partial charge in [-0.15, -0.1) is 0 Å². The molecule has 1 spiro atoms. The van der Waals surface area contributed by atoms with Crippen LogP contribution in [0.1, 0.15) is 35.2 Å². The van der Waals surface area contributed by atoms with Crippen LogP contribution in [-0.2, 0) is 16.0 Å². The van der Waals surface area contributed by atoms with Gasteiger partial charge in [-0.1, -0.05) is 48.0 Å². The number of non-ortho nitro benzene ring substituents is 1. The number of urea groups is 1. The minimum absolute atomic E-state index is 0.0978. The SMILES string of the molecule is CCN1c2ccc([N+](=O)[O-])cc2C[C@@]2(C(=O)NC(=O)N(c3ccc(C)cc3C)C2=O)[C@@H]1c1ccccc1. The first-order valence-electron chi connectivity index (χ1n) is 12.0. The molecule has 1 N–H and O–H groups in total. The Morgan fingerprint density at radius 2 is 1.70 bits per heavy atom. The zero-order valence-corrected chi connectivity index (χ0v) is 20.7. The molecule has 2 atom stereocenters. The van der Waals surface area contributed by atoms with Gasteiger partial charge in [0.15, 0.2) is 5.41 Å². The number of barbiturate groups is 1. The number of rotatable bonds is 4. The van der Waals surface area contributed by atoms with Crippen molar-refractivity contribution in [1.82, 2.24) is 5.32 Å². The van der Waals surface area contributed by atoms with Crippen LogP contribution < -0.4 is 15.1 Å². The predicted molar refractivity (Wildman–Crippen MR) is 138 cm³/mol. The Hall–Kier alpha value is -4.53. The van der Waals surface area contributed by atoms with Crippen molar-refractivity contribution in [3.05, 3.63) is 99.1 Å². The van der Waals surface area contributed by atoms with E-state index in [1.165, 1.54) is 12.1 Å². The van der Waals surface area contributed by atoms with E-state index in [0.29, 0.717) is 29.0 Å². The van der Waals surface area contributed by atoms with Crippen LogP contribution in [0.3, 0.4) is 0 Å². The first-order valence-corrected chi connectivity index (χ1v) is 12.0. The summed E-state index contributed by atoms with van der Waals surface area (Å²) in [6.45, 7) is 6.04. The van der Waals surface area contributed by atoms with Crippen molar-refractivity contribution in [3.8, 4) is 0 Å². The Morgan fingerprint density at radius 3 is 2.35 bits per heavy atom. The average molecular weight is 499 g/mol. The number of nitro groups is 1. The van der Waals surface area contributed by atoms with Crippen LogP contribution >= 0.6 is 0 Å². The van der Waals surface area contributed by atoms with Crippen LogP contribution in [0.15, 0.2) is 66.7 Å². The van der Waals surface area contributed by atoms with Crippen LogP contribution in [0.25, 0.3) is 0 Å². The predicted octanol–water partition coefficient (Wildman–Crippen LogP) is 4.60. The molecular formula is C28H26N4O5. The Morgan fingerprint density at radius 1 is 1.00 bits per heavy atom. The standard InChI is InChI=1S/C28H26N4O5/c1-4-30-23-13-11-21(32(36)37)15-20(23)16-28(24(30)19-8-6-5-7-9-19)25(33)29-27(35)31(26(28)34)22-12-10-17(2)14-18(22)3/h5-15,24H,4,16H2,1-3H3,(H,29,33,35)/t24-,28-/m0/s1. The molecule has 0 saturated carbocycles. The number of nitrogens with zero attached hydrogens (tertiary/aromatic N) is 3. The molecule has 0 aromatic heterocycles. The third kappa shape index (κ3) is 3.66. The van der Waals surface area contributed by atoms with Crippen molar-refractivity contribution in [1.29, 1.82) is 0 Å². The van der Waals surface area contributed by atoms with E-state index >= 15 is 0 Å². The number of hydrogen-bond donors (Lipinski definition) is 1. The number of amides is 4. The molecule has 188 valence electrons. The summed E-state index contributed by atoms with van der Waals surface area (Å²) in [6, 6.07) is 17.5. The largest absolute Gasteiger partial charge is 0.363 e. The highest BCUT2D eigenvalue weighted by atomic mass is 16.6. The molecule has 1 fully saturated rings. The summed E-state index contributed by atoms with van der Waals surface area (Å²) in [5.41, 5.74) is 2.13. The number of benzene rings is 3. The minimum Gasteiger partial charge on any atom is -0.363 e. The lowest BCUT2D eigenvalue weighted by Crippen LogP contribution is -2.69. The van der Waals surface area contributed by atoms with E-state index in [4.69, 9.17) is 0 Å². The summed E-state index contributed by atoms with van der Waals surface area (Å²) in [4.78, 5) is 55.5. The van der Waals surface area contributed by atoms with Gasteiger partial charge in [0.25, 0.3) is 11.6 Å². The molecule has 0 unspecified atom stereocenters. The maximum atomic E-state index is 14.5. The van der Waals surface area contributed by atoms with Crippen molar-refractivity contribution < 1.29 is 19.3 Å². The summed E-state index contributed by atoms with van der Waals surface area (Å²) in [5, 5.41) is 14.0. The van der Waals surface area contributed by atoms with Gasteiger partial charge in [0.1, 0.15) is 0 Å². The number of imide groups is 2. The highest BCUT2D eigenvalue weighted by molar-refractivity contribution is 6.31. The third-order valence-electron chi connectivity index (χ3n) is 7.29. The van der Waals surface area contributed by atoms with E-state index in [2.05, 4.69) is 5.32 Å². The van der Waals surface area contributed by atoms with Gasteiger partial charge in [0, 0.05) is 30.8 Å². The summed E-state index contributed by atoms with van der Waals surface area (Å²) >= 11 is 0. The van der Waals surface area contributed by atoms with Crippen molar-refractivity contribution in [2.75, 3.05) is 16.3 Å². The van der Waals surface area contributed by atoms with Gasteiger partial charge in [-0.05, 0) is 49.6 Å². The lowest BCUT2D eigenvalue weighted by atomic mass is 9.66. The molecule has 2 aliphatic rings. The molecular weight excluding hydrogens is 472 g/mol. The molecule has 3 aromatic rings. The summed E-state index contributed by atoms with van der Waals surface area (Å²) in [5.74, 6) is -1.37. The maximum absolute atomic E-state index is 14.5. The second-order valence-corrected chi connectivity index (χ2v) is 9.51. The van der Waals surface area contributed by atoms with Crippen LogP contribution in [-0.4, -0.2) is 29.3 Å². The normalized spacial score (nSPS) is 21.2. The van der Waals surface area contributed by atoms with Crippen LogP contribution in [0.4, 0.5) is 21.9 Å². The summed E-state index contributed by atoms with van der Waals surface area (Å²) in [7, 11) is 0. The summed E-state index contributed by atoms with van der Waals surface area (Å²) < 4.78 is 0. The molecule has 0 aliphatic carbocycles. The molecule has 0 bridgehead atoms. The second kappa shape index (κ2) is 8.85. The van der Waals surface area contributed by atoms with E-state index in [0.717, 1.165) is 16.0 Å². The number of nitro benzene ring substituents is 1. The Balaban J connectivity index is 1.77. The highest BCUT2D eigenvalue weighted by Crippen LogP contribution is 2.52. The number of carbonyl (C=O) groups is 3. The monoisotopic (exact) mass is 498 g/mol. The zero-order valence-electron chi connectivity index (χ0n) is 20.7. The van der Waals surface area contributed by atoms with E-state index < -0.39 is 34.2 Å². The number of fused-ring (bicyclic) bond motifs is 1. The lowest BCUT2D eigenvalue weighted by Gasteiger charge is -2.52. The molecule has 1 saturated heterocycles. The Labute approximate surface area is 213 Å². The van der Waals surface area contributed by atoms with E-state index in [9.17, 15) is 24.5 Å². The first kappa shape index (κ1) is 24.2. The molecule has 2 heterocycles. The molecule has 4 amide bonds. The maximum Gasteiger partial charge on any atom is 0.335 e. The van der Waals surface area contributed by atoms with Crippen LogP contribution in [0.2, 0.25) is 0 Å². The third-order valence-corrected chi connectivity index (χ3v) is 7.29. The molecule has 37 heavy (non-hydrogen) atoms.